The van der Waals surface area contributed by atoms with E-state index >= 15 is 0 Å². The summed E-state index contributed by atoms with van der Waals surface area (Å²) >= 11 is 1.17. The number of aromatic nitrogens is 2. The molecule has 1 heterocycles. The molecule has 0 aliphatic carbocycles. The van der Waals surface area contributed by atoms with Gasteiger partial charge in [0.25, 0.3) is 0 Å². The Bertz CT molecular complexity index is 328. The van der Waals surface area contributed by atoms with Gasteiger partial charge in [-0.15, -0.1) is 10.2 Å². The Morgan fingerprint density at radius 3 is 2.57 bits per heavy atom. The lowest BCUT2D eigenvalue weighted by atomic mass is 9.97. The molecule has 78 valence electrons. The van der Waals surface area contributed by atoms with Crippen molar-refractivity contribution in [2.75, 3.05) is 0 Å². The van der Waals surface area contributed by atoms with E-state index in [1.807, 2.05) is 20.8 Å². The molecule has 6 heteroatoms. The van der Waals surface area contributed by atoms with Crippen molar-refractivity contribution in [2.45, 2.75) is 31.9 Å². The first-order valence-corrected chi connectivity index (χ1v) is 5.18. The van der Waals surface area contributed by atoms with E-state index in [9.17, 15) is 0 Å². The number of hydrogen-bond donors (Lipinski definition) is 2. The van der Waals surface area contributed by atoms with Crippen LogP contribution in [0.1, 0.15) is 32.6 Å². The largest absolute Gasteiger partial charge is 0.424 e. The molecule has 0 unspecified atom stereocenters. The second kappa shape index (κ2) is 4.00. The van der Waals surface area contributed by atoms with Crippen LogP contribution in [-0.2, 0) is 11.2 Å². The SMILES string of the molecule is CC(C)(C)c1nnc(CSC(=N)N)o1. The Kier molecular flexibility index (Phi) is 3.15. The van der Waals surface area contributed by atoms with Crippen LogP contribution < -0.4 is 5.73 Å². The standard InChI is InChI=1S/C8H14N4OS/c1-8(2,3)6-12-11-5(13-6)4-14-7(9)10/h4H2,1-3H3,(H3,9,10). The first-order chi connectivity index (χ1) is 6.39. The molecule has 5 nitrogen and oxygen atoms in total. The van der Waals surface area contributed by atoms with Gasteiger partial charge < -0.3 is 10.2 Å². The van der Waals surface area contributed by atoms with Crippen LogP contribution in [0.15, 0.2) is 4.42 Å². The van der Waals surface area contributed by atoms with E-state index in [1.165, 1.54) is 11.8 Å². The Balaban J connectivity index is 2.64. The van der Waals surface area contributed by atoms with E-state index in [-0.39, 0.29) is 10.6 Å². The van der Waals surface area contributed by atoms with Crippen molar-refractivity contribution in [3.63, 3.8) is 0 Å². The van der Waals surface area contributed by atoms with Crippen molar-refractivity contribution in [1.29, 1.82) is 5.41 Å². The molecule has 0 atom stereocenters. The summed E-state index contributed by atoms with van der Waals surface area (Å²) in [5.74, 6) is 1.57. The molecule has 0 aliphatic heterocycles. The summed E-state index contributed by atoms with van der Waals surface area (Å²) in [5.41, 5.74) is 5.06. The van der Waals surface area contributed by atoms with Crippen molar-refractivity contribution in [3.8, 4) is 0 Å². The summed E-state index contributed by atoms with van der Waals surface area (Å²) in [6, 6.07) is 0. The number of rotatable bonds is 2. The number of thioether (sulfide) groups is 1. The molecule has 1 aromatic rings. The normalized spacial score (nSPS) is 11.6. The number of nitrogens with zero attached hydrogens (tertiary/aromatic N) is 2. The minimum atomic E-state index is -0.133. The highest BCUT2D eigenvalue weighted by atomic mass is 32.2. The van der Waals surface area contributed by atoms with Gasteiger partial charge in [0.05, 0.1) is 5.75 Å². The van der Waals surface area contributed by atoms with Crippen molar-refractivity contribution < 1.29 is 4.42 Å². The van der Waals surface area contributed by atoms with E-state index in [0.29, 0.717) is 17.5 Å². The molecule has 0 spiro atoms. The molecule has 0 radical (unpaired) electrons. The topological polar surface area (TPSA) is 88.8 Å². The molecule has 0 fully saturated rings. The average Bonchev–Trinajstić information content (AvgIpc) is 2.47. The van der Waals surface area contributed by atoms with Gasteiger partial charge in [-0.1, -0.05) is 32.5 Å². The quantitative estimate of drug-likeness (QED) is 0.575. The maximum Gasteiger partial charge on any atom is 0.226 e. The third-order valence-corrected chi connectivity index (χ3v) is 2.16. The van der Waals surface area contributed by atoms with Crippen LogP contribution in [0.25, 0.3) is 0 Å². The Labute approximate surface area is 87.0 Å². The summed E-state index contributed by atoms with van der Waals surface area (Å²) in [4.78, 5) is 0. The van der Waals surface area contributed by atoms with E-state index in [2.05, 4.69) is 10.2 Å². The Morgan fingerprint density at radius 1 is 1.50 bits per heavy atom. The fraction of sp³-hybridized carbons (Fsp3) is 0.625. The van der Waals surface area contributed by atoms with Crippen molar-refractivity contribution in [2.24, 2.45) is 5.73 Å². The maximum atomic E-state index is 7.02. The van der Waals surface area contributed by atoms with Crippen LogP contribution in [0.5, 0.6) is 0 Å². The summed E-state index contributed by atoms with van der Waals surface area (Å²) in [6.07, 6.45) is 0. The van der Waals surface area contributed by atoms with Gasteiger partial charge in [0.2, 0.25) is 11.8 Å². The second-order valence-corrected chi connectivity index (χ2v) is 4.92. The highest BCUT2D eigenvalue weighted by Gasteiger charge is 2.21. The van der Waals surface area contributed by atoms with E-state index in [4.69, 9.17) is 15.6 Å². The fourth-order valence-electron chi connectivity index (χ4n) is 0.755. The van der Waals surface area contributed by atoms with Crippen LogP contribution in [0.4, 0.5) is 0 Å². The van der Waals surface area contributed by atoms with Gasteiger partial charge in [-0.3, -0.25) is 5.41 Å². The van der Waals surface area contributed by atoms with Crippen LogP contribution in [0.2, 0.25) is 0 Å². The molecular weight excluding hydrogens is 200 g/mol. The smallest absolute Gasteiger partial charge is 0.226 e. The monoisotopic (exact) mass is 214 g/mol. The second-order valence-electron chi connectivity index (χ2n) is 3.90. The Morgan fingerprint density at radius 2 is 2.14 bits per heavy atom. The number of amidine groups is 1. The summed E-state index contributed by atoms with van der Waals surface area (Å²) in [7, 11) is 0. The van der Waals surface area contributed by atoms with Gasteiger partial charge in [-0.2, -0.15) is 0 Å². The van der Waals surface area contributed by atoms with Gasteiger partial charge in [0, 0.05) is 5.41 Å². The molecule has 0 aliphatic rings. The molecule has 0 saturated heterocycles. The van der Waals surface area contributed by atoms with Gasteiger partial charge in [-0.05, 0) is 0 Å². The first-order valence-electron chi connectivity index (χ1n) is 4.19. The minimum absolute atomic E-state index is 0.0560. The fourth-order valence-corrected chi connectivity index (χ4v) is 1.15. The predicted molar refractivity (Wildman–Crippen MR) is 56.2 cm³/mol. The predicted octanol–water partition coefficient (Wildman–Crippen LogP) is 1.49. The molecule has 0 saturated carbocycles. The number of nitrogens with one attached hydrogen (secondary N) is 1. The van der Waals surface area contributed by atoms with Crippen LogP contribution in [0, 0.1) is 5.41 Å². The minimum Gasteiger partial charge on any atom is -0.424 e. The molecule has 0 amide bonds. The highest BCUT2D eigenvalue weighted by Crippen LogP contribution is 2.21. The molecule has 1 rings (SSSR count). The molecule has 0 bridgehead atoms. The highest BCUT2D eigenvalue weighted by molar-refractivity contribution is 8.12. The average molecular weight is 214 g/mol. The first kappa shape index (κ1) is 11.0. The zero-order chi connectivity index (χ0) is 10.8. The van der Waals surface area contributed by atoms with Crippen molar-refractivity contribution >= 4 is 16.9 Å². The van der Waals surface area contributed by atoms with Gasteiger partial charge in [0.1, 0.15) is 0 Å². The van der Waals surface area contributed by atoms with Crippen LogP contribution in [-0.4, -0.2) is 15.4 Å². The lowest BCUT2D eigenvalue weighted by Gasteiger charge is -2.10. The summed E-state index contributed by atoms with van der Waals surface area (Å²) in [6.45, 7) is 6.01. The third-order valence-electron chi connectivity index (χ3n) is 1.46. The summed E-state index contributed by atoms with van der Waals surface area (Å²) in [5, 5.41) is 14.9. The van der Waals surface area contributed by atoms with Crippen molar-refractivity contribution in [1.82, 2.24) is 10.2 Å². The third kappa shape index (κ3) is 3.02. The van der Waals surface area contributed by atoms with Gasteiger partial charge >= 0.3 is 0 Å². The Hall–Kier alpha value is -1.04. The molecule has 14 heavy (non-hydrogen) atoms. The maximum absolute atomic E-state index is 7.02. The molecular formula is C8H14N4OS. The number of nitrogens with two attached hydrogens (primary N) is 1. The van der Waals surface area contributed by atoms with E-state index in [1.54, 1.807) is 0 Å². The molecule has 3 N–H and O–H groups in total. The van der Waals surface area contributed by atoms with E-state index < -0.39 is 0 Å². The molecule has 0 aromatic carbocycles. The van der Waals surface area contributed by atoms with Crippen LogP contribution in [0.3, 0.4) is 0 Å². The zero-order valence-electron chi connectivity index (χ0n) is 8.50. The zero-order valence-corrected chi connectivity index (χ0v) is 9.31. The lowest BCUT2D eigenvalue weighted by Crippen LogP contribution is -2.11. The summed E-state index contributed by atoms with van der Waals surface area (Å²) < 4.78 is 5.40. The van der Waals surface area contributed by atoms with Gasteiger partial charge in [0.15, 0.2) is 5.17 Å². The number of hydrogen-bond acceptors (Lipinski definition) is 5. The van der Waals surface area contributed by atoms with E-state index in [0.717, 1.165) is 0 Å². The van der Waals surface area contributed by atoms with Crippen molar-refractivity contribution in [3.05, 3.63) is 11.8 Å². The molecule has 1 aromatic heterocycles. The lowest BCUT2D eigenvalue weighted by molar-refractivity contribution is 0.378. The van der Waals surface area contributed by atoms with Gasteiger partial charge in [-0.25, -0.2) is 0 Å². The van der Waals surface area contributed by atoms with Crippen LogP contribution >= 0.6 is 11.8 Å².